The number of nitrogens with one attached hydrogen (secondary N) is 1. The van der Waals surface area contributed by atoms with E-state index < -0.39 is 4.92 Å². The molecule has 1 N–H and O–H groups in total. The number of methoxy groups -OCH3 is 1. The van der Waals surface area contributed by atoms with Gasteiger partial charge in [0.2, 0.25) is 0 Å². The van der Waals surface area contributed by atoms with Gasteiger partial charge >= 0.3 is 5.69 Å². The summed E-state index contributed by atoms with van der Waals surface area (Å²) in [4.78, 5) is 13.4. The molecule has 0 radical (unpaired) electrons. The molecule has 0 aliphatic carbocycles. The van der Waals surface area contributed by atoms with Gasteiger partial charge in [0.05, 0.1) is 18.1 Å². The van der Waals surface area contributed by atoms with E-state index in [0.717, 1.165) is 37.3 Å². The molecule has 2 unspecified atom stereocenters. The highest BCUT2D eigenvalue weighted by Gasteiger charge is 2.37. The maximum atomic E-state index is 11.4. The fourth-order valence-electron chi connectivity index (χ4n) is 3.95. The molecule has 1 fully saturated rings. The molecule has 0 bridgehead atoms. The molecule has 2 aromatic carbocycles. The number of fused-ring (bicyclic) bond motifs is 1. The van der Waals surface area contributed by atoms with Crippen molar-refractivity contribution in [3.05, 3.63) is 69.8 Å². The molecule has 2 atom stereocenters. The molecule has 0 amide bonds. The third kappa shape index (κ3) is 3.50. The minimum absolute atomic E-state index is 0.0119. The SMILES string of the molecule is COc1ccc(C2NN=C3CCN(Cc4ccccc4)CC32)cc1[N+](=O)[O-]. The van der Waals surface area contributed by atoms with Gasteiger partial charge in [0.15, 0.2) is 5.75 Å². The van der Waals surface area contributed by atoms with Gasteiger partial charge in [-0.15, -0.1) is 0 Å². The summed E-state index contributed by atoms with van der Waals surface area (Å²) in [6.07, 6.45) is 0.916. The van der Waals surface area contributed by atoms with Crippen molar-refractivity contribution >= 4 is 11.4 Å². The van der Waals surface area contributed by atoms with E-state index in [-0.39, 0.29) is 23.4 Å². The molecular weight excluding hydrogens is 344 g/mol. The van der Waals surface area contributed by atoms with Crippen LogP contribution in [0.15, 0.2) is 53.6 Å². The van der Waals surface area contributed by atoms with Crippen LogP contribution in [0.2, 0.25) is 0 Å². The molecule has 4 rings (SSSR count). The Morgan fingerprint density at radius 1 is 1.30 bits per heavy atom. The van der Waals surface area contributed by atoms with Crippen LogP contribution in [0.25, 0.3) is 0 Å². The number of hydrogen-bond acceptors (Lipinski definition) is 6. The predicted octanol–water partition coefficient (Wildman–Crippen LogP) is 3.13. The van der Waals surface area contributed by atoms with E-state index in [0.29, 0.717) is 0 Å². The number of ether oxygens (including phenoxy) is 1. The lowest BCUT2D eigenvalue weighted by Gasteiger charge is -2.33. The molecular formula is C20H22N4O3. The molecule has 2 heterocycles. The van der Waals surface area contributed by atoms with Crippen molar-refractivity contribution in [1.29, 1.82) is 0 Å². The molecule has 2 aromatic rings. The van der Waals surface area contributed by atoms with Crippen LogP contribution in [0.5, 0.6) is 5.75 Å². The van der Waals surface area contributed by atoms with E-state index in [9.17, 15) is 10.1 Å². The number of nitrogens with zero attached hydrogens (tertiary/aromatic N) is 3. The van der Waals surface area contributed by atoms with Gasteiger partial charge in [-0.2, -0.15) is 5.10 Å². The molecule has 2 aliphatic heterocycles. The first kappa shape index (κ1) is 17.5. The largest absolute Gasteiger partial charge is 0.490 e. The maximum absolute atomic E-state index is 11.4. The lowest BCUT2D eigenvalue weighted by Crippen LogP contribution is -2.41. The first-order chi connectivity index (χ1) is 13.2. The van der Waals surface area contributed by atoms with Crippen LogP contribution in [0.4, 0.5) is 5.69 Å². The highest BCUT2D eigenvalue weighted by molar-refractivity contribution is 5.90. The summed E-state index contributed by atoms with van der Waals surface area (Å²) < 4.78 is 5.12. The summed E-state index contributed by atoms with van der Waals surface area (Å²) in [6.45, 7) is 2.76. The quantitative estimate of drug-likeness (QED) is 0.650. The summed E-state index contributed by atoms with van der Waals surface area (Å²) in [5.74, 6) is 0.493. The Balaban J connectivity index is 1.54. The summed E-state index contributed by atoms with van der Waals surface area (Å²) in [5, 5.41) is 15.9. The topological polar surface area (TPSA) is 80.0 Å². The zero-order valence-electron chi connectivity index (χ0n) is 15.2. The maximum Gasteiger partial charge on any atom is 0.311 e. The van der Waals surface area contributed by atoms with Crippen LogP contribution in [-0.2, 0) is 6.54 Å². The van der Waals surface area contributed by atoms with Crippen LogP contribution in [0.3, 0.4) is 0 Å². The van der Waals surface area contributed by atoms with E-state index in [1.807, 2.05) is 12.1 Å². The zero-order valence-corrected chi connectivity index (χ0v) is 15.2. The average Bonchev–Trinajstić information content (AvgIpc) is 3.11. The summed E-state index contributed by atoms with van der Waals surface area (Å²) in [5.41, 5.74) is 6.50. The molecule has 27 heavy (non-hydrogen) atoms. The molecule has 0 aromatic heterocycles. The normalized spacial score (nSPS) is 21.9. The molecule has 2 aliphatic rings. The van der Waals surface area contributed by atoms with Crippen molar-refractivity contribution in [2.45, 2.75) is 19.0 Å². The fraction of sp³-hybridized carbons (Fsp3) is 0.350. The van der Waals surface area contributed by atoms with Crippen LogP contribution in [0, 0.1) is 16.0 Å². The minimum Gasteiger partial charge on any atom is -0.490 e. The minimum atomic E-state index is -0.401. The molecule has 0 spiro atoms. The van der Waals surface area contributed by atoms with Gasteiger partial charge in [-0.1, -0.05) is 36.4 Å². The number of likely N-dealkylation sites (tertiary alicyclic amines) is 1. The van der Waals surface area contributed by atoms with Gasteiger partial charge in [-0.3, -0.25) is 15.0 Å². The predicted molar refractivity (Wildman–Crippen MR) is 103 cm³/mol. The van der Waals surface area contributed by atoms with Gasteiger partial charge in [-0.05, 0) is 17.2 Å². The Labute approximate surface area is 157 Å². The lowest BCUT2D eigenvalue weighted by atomic mass is 9.86. The van der Waals surface area contributed by atoms with Crippen molar-refractivity contribution in [2.75, 3.05) is 20.2 Å². The summed E-state index contributed by atoms with van der Waals surface area (Å²) >= 11 is 0. The number of hydrazone groups is 1. The molecule has 140 valence electrons. The van der Waals surface area contributed by atoms with Crippen LogP contribution in [0.1, 0.15) is 23.6 Å². The molecule has 0 saturated carbocycles. The first-order valence-electron chi connectivity index (χ1n) is 9.06. The van der Waals surface area contributed by atoms with E-state index in [2.05, 4.69) is 39.7 Å². The second-order valence-corrected chi connectivity index (χ2v) is 6.98. The number of nitro benzene ring substituents is 1. The highest BCUT2D eigenvalue weighted by atomic mass is 16.6. The first-order valence-corrected chi connectivity index (χ1v) is 9.06. The van der Waals surface area contributed by atoms with Crippen LogP contribution < -0.4 is 10.2 Å². The van der Waals surface area contributed by atoms with Gasteiger partial charge in [0.25, 0.3) is 0 Å². The third-order valence-electron chi connectivity index (χ3n) is 5.32. The van der Waals surface area contributed by atoms with Crippen LogP contribution >= 0.6 is 0 Å². The Kier molecular flexibility index (Phi) is 4.77. The monoisotopic (exact) mass is 366 g/mol. The number of nitro groups is 1. The lowest BCUT2D eigenvalue weighted by molar-refractivity contribution is -0.385. The number of piperidine rings is 1. The van der Waals surface area contributed by atoms with Gasteiger partial charge in [-0.25, -0.2) is 0 Å². The Morgan fingerprint density at radius 3 is 2.85 bits per heavy atom. The molecule has 7 nitrogen and oxygen atoms in total. The van der Waals surface area contributed by atoms with Crippen molar-refractivity contribution in [3.63, 3.8) is 0 Å². The van der Waals surface area contributed by atoms with E-state index in [1.54, 1.807) is 12.1 Å². The number of benzene rings is 2. The Morgan fingerprint density at radius 2 is 2.11 bits per heavy atom. The van der Waals surface area contributed by atoms with Gasteiger partial charge in [0.1, 0.15) is 0 Å². The van der Waals surface area contributed by atoms with E-state index >= 15 is 0 Å². The Bertz CT molecular complexity index is 869. The average molecular weight is 366 g/mol. The van der Waals surface area contributed by atoms with E-state index in [4.69, 9.17) is 4.74 Å². The zero-order chi connectivity index (χ0) is 18.8. The second kappa shape index (κ2) is 7.36. The number of rotatable bonds is 5. The fourth-order valence-corrected chi connectivity index (χ4v) is 3.95. The second-order valence-electron chi connectivity index (χ2n) is 6.98. The molecule has 1 saturated heterocycles. The van der Waals surface area contributed by atoms with Crippen molar-refractivity contribution in [1.82, 2.24) is 10.3 Å². The van der Waals surface area contributed by atoms with Crippen molar-refractivity contribution in [2.24, 2.45) is 11.0 Å². The third-order valence-corrected chi connectivity index (χ3v) is 5.32. The van der Waals surface area contributed by atoms with Crippen molar-refractivity contribution in [3.8, 4) is 5.75 Å². The highest BCUT2D eigenvalue weighted by Crippen LogP contribution is 2.36. The van der Waals surface area contributed by atoms with Gasteiger partial charge < -0.3 is 10.2 Å². The van der Waals surface area contributed by atoms with Crippen LogP contribution in [-0.4, -0.2) is 35.7 Å². The van der Waals surface area contributed by atoms with E-state index in [1.165, 1.54) is 12.7 Å². The standard InChI is InChI=1S/C20H22N4O3/c1-27-19-8-7-15(11-18(19)24(25)26)20-16-13-23(10-9-17(16)21-22-20)12-14-5-3-2-4-6-14/h2-8,11,16,20,22H,9-10,12-13H2,1H3. The van der Waals surface area contributed by atoms with Gasteiger partial charge in [0, 0.05) is 43.8 Å². The summed E-state index contributed by atoms with van der Waals surface area (Å²) in [6, 6.07) is 15.5. The smallest absolute Gasteiger partial charge is 0.311 e. The Hall–Kier alpha value is -2.93. The van der Waals surface area contributed by atoms with Crippen molar-refractivity contribution < 1.29 is 9.66 Å². The summed E-state index contributed by atoms with van der Waals surface area (Å²) in [7, 11) is 1.44. The molecule has 7 heteroatoms. The number of hydrogen-bond donors (Lipinski definition) is 1.